The van der Waals surface area contributed by atoms with Crippen LogP contribution in [0.25, 0.3) is 0 Å². The fourth-order valence-corrected chi connectivity index (χ4v) is 2.85. The maximum Gasteiger partial charge on any atom is 0.222 e. The Labute approximate surface area is 166 Å². The molecular formula is C22H29FN4O. The Morgan fingerprint density at radius 3 is 2.43 bits per heavy atom. The largest absolute Gasteiger partial charge is 0.369 e. The van der Waals surface area contributed by atoms with Crippen molar-refractivity contribution in [1.29, 1.82) is 0 Å². The van der Waals surface area contributed by atoms with Crippen LogP contribution in [0.2, 0.25) is 0 Å². The van der Waals surface area contributed by atoms with E-state index in [9.17, 15) is 9.18 Å². The van der Waals surface area contributed by atoms with Gasteiger partial charge in [-0.25, -0.2) is 4.39 Å². The van der Waals surface area contributed by atoms with Gasteiger partial charge in [-0.05, 0) is 49.4 Å². The number of carbonyl (C=O) groups is 1. The fourth-order valence-electron chi connectivity index (χ4n) is 2.85. The van der Waals surface area contributed by atoms with Crippen molar-refractivity contribution in [2.24, 2.45) is 16.6 Å². The molecule has 6 heteroatoms. The molecule has 0 bridgehead atoms. The highest BCUT2D eigenvalue weighted by Gasteiger charge is 2.16. The summed E-state index contributed by atoms with van der Waals surface area (Å²) in [6, 6.07) is 16.4. The van der Waals surface area contributed by atoms with Gasteiger partial charge >= 0.3 is 0 Å². The van der Waals surface area contributed by atoms with E-state index in [-0.39, 0.29) is 12.4 Å². The van der Waals surface area contributed by atoms with E-state index in [2.05, 4.69) is 27.8 Å². The van der Waals surface area contributed by atoms with Crippen molar-refractivity contribution in [2.45, 2.75) is 26.2 Å². The molecule has 0 aliphatic rings. The summed E-state index contributed by atoms with van der Waals surface area (Å²) in [5.74, 6) is -0.481. The van der Waals surface area contributed by atoms with Crippen LogP contribution < -0.4 is 16.4 Å². The SMILES string of the molecule is CCNC(=NCC(Cc1ccc(F)cc1)C(N)=O)NCCCc1ccccc1. The Morgan fingerprint density at radius 1 is 1.07 bits per heavy atom. The summed E-state index contributed by atoms with van der Waals surface area (Å²) in [5.41, 5.74) is 7.70. The van der Waals surface area contributed by atoms with Gasteiger partial charge in [0, 0.05) is 13.1 Å². The molecule has 0 saturated carbocycles. The molecule has 28 heavy (non-hydrogen) atoms. The summed E-state index contributed by atoms with van der Waals surface area (Å²) in [4.78, 5) is 16.3. The van der Waals surface area contributed by atoms with Crippen LogP contribution in [0.4, 0.5) is 4.39 Å². The lowest BCUT2D eigenvalue weighted by molar-refractivity contribution is -0.121. The van der Waals surface area contributed by atoms with Crippen molar-refractivity contribution in [2.75, 3.05) is 19.6 Å². The minimum atomic E-state index is -0.440. The molecule has 0 fully saturated rings. The second kappa shape index (κ2) is 11.7. The van der Waals surface area contributed by atoms with E-state index in [4.69, 9.17) is 5.73 Å². The number of nitrogens with two attached hydrogens (primary N) is 1. The zero-order valence-electron chi connectivity index (χ0n) is 16.3. The Kier molecular flexibility index (Phi) is 8.98. The van der Waals surface area contributed by atoms with Crippen molar-refractivity contribution < 1.29 is 9.18 Å². The number of guanidine groups is 1. The number of aryl methyl sites for hydroxylation is 1. The fraction of sp³-hybridized carbons (Fsp3) is 0.364. The zero-order valence-corrected chi connectivity index (χ0v) is 16.3. The lowest BCUT2D eigenvalue weighted by atomic mass is 9.99. The Balaban J connectivity index is 1.87. The molecule has 0 aliphatic carbocycles. The summed E-state index contributed by atoms with van der Waals surface area (Å²) in [7, 11) is 0. The number of rotatable bonds is 10. The van der Waals surface area contributed by atoms with E-state index >= 15 is 0 Å². The van der Waals surface area contributed by atoms with Crippen molar-refractivity contribution in [1.82, 2.24) is 10.6 Å². The minimum Gasteiger partial charge on any atom is -0.369 e. The van der Waals surface area contributed by atoms with Crippen LogP contribution in [-0.4, -0.2) is 31.5 Å². The molecule has 2 aromatic carbocycles. The first-order valence-corrected chi connectivity index (χ1v) is 9.68. The maximum atomic E-state index is 13.0. The third-order valence-corrected chi connectivity index (χ3v) is 4.39. The van der Waals surface area contributed by atoms with Crippen molar-refractivity contribution in [3.05, 3.63) is 71.5 Å². The van der Waals surface area contributed by atoms with E-state index in [0.717, 1.165) is 31.5 Å². The summed E-state index contributed by atoms with van der Waals surface area (Å²) in [5, 5.41) is 6.48. The number of halogens is 1. The number of carbonyl (C=O) groups excluding carboxylic acids is 1. The highest BCUT2D eigenvalue weighted by atomic mass is 19.1. The van der Waals surface area contributed by atoms with Crippen LogP contribution in [0.1, 0.15) is 24.5 Å². The smallest absolute Gasteiger partial charge is 0.222 e. The van der Waals surface area contributed by atoms with Gasteiger partial charge in [0.1, 0.15) is 5.82 Å². The molecule has 1 amide bonds. The molecule has 0 radical (unpaired) electrons. The Bertz CT molecular complexity index is 747. The van der Waals surface area contributed by atoms with Crippen molar-refractivity contribution in [3.8, 4) is 0 Å². The second-order valence-corrected chi connectivity index (χ2v) is 6.67. The third kappa shape index (κ3) is 7.78. The first kappa shape index (κ1) is 21.4. The van der Waals surface area contributed by atoms with E-state index < -0.39 is 11.8 Å². The molecule has 1 atom stereocenters. The lowest BCUT2D eigenvalue weighted by Crippen LogP contribution is -2.39. The minimum absolute atomic E-state index is 0.279. The molecule has 0 heterocycles. The summed E-state index contributed by atoms with van der Waals surface area (Å²) in [6.45, 7) is 3.77. The molecule has 0 aromatic heterocycles. The molecule has 2 rings (SSSR count). The van der Waals surface area contributed by atoms with Gasteiger partial charge in [0.25, 0.3) is 0 Å². The number of primary amides is 1. The number of aliphatic imine (C=N–C) groups is 1. The summed E-state index contributed by atoms with van der Waals surface area (Å²) >= 11 is 0. The first-order valence-electron chi connectivity index (χ1n) is 9.68. The van der Waals surface area contributed by atoms with Crippen molar-refractivity contribution in [3.63, 3.8) is 0 Å². The maximum absolute atomic E-state index is 13.0. The van der Waals surface area contributed by atoms with Crippen LogP contribution in [0.3, 0.4) is 0 Å². The molecule has 1 unspecified atom stereocenters. The first-order chi connectivity index (χ1) is 13.6. The predicted molar refractivity (Wildman–Crippen MR) is 112 cm³/mol. The molecule has 0 saturated heterocycles. The number of hydrogen-bond donors (Lipinski definition) is 3. The standard InChI is InChI=1S/C22H29FN4O/c1-2-25-22(26-14-6-9-17-7-4-3-5-8-17)27-16-19(21(24)28)15-18-10-12-20(23)13-11-18/h3-5,7-8,10-13,19H,2,6,9,14-16H2,1H3,(H2,24,28)(H2,25,26,27). The van der Waals surface area contributed by atoms with Crippen molar-refractivity contribution >= 4 is 11.9 Å². The third-order valence-electron chi connectivity index (χ3n) is 4.39. The van der Waals surface area contributed by atoms with Crippen LogP contribution in [0, 0.1) is 11.7 Å². The average Bonchev–Trinajstić information content (AvgIpc) is 2.70. The average molecular weight is 384 g/mol. The van der Waals surface area contributed by atoms with Crippen LogP contribution >= 0.6 is 0 Å². The quantitative estimate of drug-likeness (QED) is 0.335. The van der Waals surface area contributed by atoms with Gasteiger partial charge in [0.15, 0.2) is 5.96 Å². The monoisotopic (exact) mass is 384 g/mol. The van der Waals surface area contributed by atoms with Crippen LogP contribution in [0.15, 0.2) is 59.6 Å². The summed E-state index contributed by atoms with van der Waals surface area (Å²) in [6.07, 6.45) is 2.40. The summed E-state index contributed by atoms with van der Waals surface area (Å²) < 4.78 is 13.0. The topological polar surface area (TPSA) is 79.5 Å². The normalized spacial score (nSPS) is 12.4. The predicted octanol–water partition coefficient (Wildman–Crippen LogP) is 2.66. The molecule has 5 nitrogen and oxygen atoms in total. The molecule has 0 spiro atoms. The molecule has 150 valence electrons. The Hall–Kier alpha value is -2.89. The number of hydrogen-bond acceptors (Lipinski definition) is 2. The van der Waals surface area contributed by atoms with Gasteiger partial charge < -0.3 is 16.4 Å². The number of nitrogens with zero attached hydrogens (tertiary/aromatic N) is 1. The van der Waals surface area contributed by atoms with Crippen LogP contribution in [0.5, 0.6) is 0 Å². The second-order valence-electron chi connectivity index (χ2n) is 6.67. The molecule has 0 aliphatic heterocycles. The van der Waals surface area contributed by atoms with Gasteiger partial charge in [-0.15, -0.1) is 0 Å². The molecule has 4 N–H and O–H groups in total. The van der Waals surface area contributed by atoms with E-state index in [1.54, 1.807) is 12.1 Å². The number of amides is 1. The Morgan fingerprint density at radius 2 is 1.79 bits per heavy atom. The number of benzene rings is 2. The van der Waals surface area contributed by atoms with E-state index in [1.807, 2.05) is 25.1 Å². The van der Waals surface area contributed by atoms with E-state index in [1.165, 1.54) is 17.7 Å². The lowest BCUT2D eigenvalue weighted by Gasteiger charge is -2.14. The van der Waals surface area contributed by atoms with Gasteiger partial charge in [0.05, 0.1) is 12.5 Å². The molecular weight excluding hydrogens is 355 g/mol. The van der Waals surface area contributed by atoms with Gasteiger partial charge in [0.2, 0.25) is 5.91 Å². The van der Waals surface area contributed by atoms with Gasteiger partial charge in [-0.1, -0.05) is 42.5 Å². The highest BCUT2D eigenvalue weighted by Crippen LogP contribution is 2.10. The van der Waals surface area contributed by atoms with Gasteiger partial charge in [-0.2, -0.15) is 0 Å². The van der Waals surface area contributed by atoms with Crippen LogP contribution in [-0.2, 0) is 17.6 Å². The highest BCUT2D eigenvalue weighted by molar-refractivity contribution is 5.81. The molecule has 2 aromatic rings. The number of nitrogens with one attached hydrogen (secondary N) is 2. The van der Waals surface area contributed by atoms with Gasteiger partial charge in [-0.3, -0.25) is 9.79 Å². The zero-order chi connectivity index (χ0) is 20.2. The van der Waals surface area contributed by atoms with E-state index in [0.29, 0.717) is 12.4 Å².